The van der Waals surface area contributed by atoms with Gasteiger partial charge in [0.05, 0.1) is 4.34 Å². The number of fused-ring (bicyclic) bond motifs is 2. The molecule has 2 saturated carbocycles. The Kier molecular flexibility index (Phi) is 3.34. The lowest BCUT2D eigenvalue weighted by Gasteiger charge is -2.23. The predicted molar refractivity (Wildman–Crippen MR) is 74.6 cm³/mol. The normalized spacial score (nSPS) is 34.5. The summed E-state index contributed by atoms with van der Waals surface area (Å²) < 4.78 is 0.910. The fourth-order valence-corrected chi connectivity index (χ4v) is 5.51. The summed E-state index contributed by atoms with van der Waals surface area (Å²) in [6.45, 7) is 0. The van der Waals surface area contributed by atoms with Crippen molar-refractivity contribution < 1.29 is 0 Å². The molecule has 4 unspecified atom stereocenters. The molecule has 3 rings (SSSR count). The monoisotopic (exact) mass is 318 g/mol. The van der Waals surface area contributed by atoms with Gasteiger partial charge in [-0.3, -0.25) is 0 Å². The molecule has 2 aliphatic carbocycles. The summed E-state index contributed by atoms with van der Waals surface area (Å²) >= 11 is 11.5. The molecule has 0 saturated heterocycles. The second-order valence-electron chi connectivity index (χ2n) is 5.28. The summed E-state index contributed by atoms with van der Waals surface area (Å²) in [6, 6.07) is 4.18. The molecule has 1 aromatic heterocycles. The van der Waals surface area contributed by atoms with Crippen LogP contribution in [0.2, 0.25) is 4.34 Å². The highest BCUT2D eigenvalue weighted by atomic mass is 79.9. The van der Waals surface area contributed by atoms with Gasteiger partial charge in [-0.2, -0.15) is 0 Å². The predicted octanol–water partition coefficient (Wildman–Crippen LogP) is 5.66. The van der Waals surface area contributed by atoms with Crippen LogP contribution in [0.4, 0.5) is 0 Å². The Bertz CT molecular complexity index is 376. The highest BCUT2D eigenvalue weighted by Gasteiger charge is 2.40. The highest BCUT2D eigenvalue weighted by Crippen LogP contribution is 2.52. The lowest BCUT2D eigenvalue weighted by molar-refractivity contribution is 0.314. The van der Waals surface area contributed by atoms with Gasteiger partial charge >= 0.3 is 0 Å². The summed E-state index contributed by atoms with van der Waals surface area (Å²) in [5.74, 6) is 3.05. The smallest absolute Gasteiger partial charge is 0.0931 e. The molecule has 0 radical (unpaired) electrons. The third-order valence-corrected chi connectivity index (χ3v) is 6.81. The van der Waals surface area contributed by atoms with Crippen molar-refractivity contribution in [2.45, 2.75) is 36.9 Å². The molecule has 0 spiro atoms. The van der Waals surface area contributed by atoms with Gasteiger partial charge in [0.15, 0.2) is 0 Å². The molecule has 0 aromatic carbocycles. The Morgan fingerprint density at radius 1 is 1.38 bits per heavy atom. The van der Waals surface area contributed by atoms with Crippen molar-refractivity contribution in [3.05, 3.63) is 21.3 Å². The van der Waals surface area contributed by atoms with Crippen LogP contribution in [0.1, 0.15) is 41.8 Å². The Morgan fingerprint density at radius 2 is 2.25 bits per heavy atom. The van der Waals surface area contributed by atoms with E-state index in [2.05, 4.69) is 22.0 Å². The van der Waals surface area contributed by atoms with E-state index in [1.54, 1.807) is 11.3 Å². The molecule has 16 heavy (non-hydrogen) atoms. The quantitative estimate of drug-likeness (QED) is 0.630. The van der Waals surface area contributed by atoms with E-state index in [0.29, 0.717) is 4.83 Å². The summed E-state index contributed by atoms with van der Waals surface area (Å²) in [4.78, 5) is 1.92. The lowest BCUT2D eigenvalue weighted by Crippen LogP contribution is -2.11. The average molecular weight is 320 g/mol. The van der Waals surface area contributed by atoms with Crippen LogP contribution in [0.5, 0.6) is 0 Å². The van der Waals surface area contributed by atoms with Crippen molar-refractivity contribution in [3.8, 4) is 0 Å². The fraction of sp³-hybridized carbons (Fsp3) is 0.692. The van der Waals surface area contributed by atoms with Crippen molar-refractivity contribution in [2.75, 3.05) is 0 Å². The van der Waals surface area contributed by atoms with Crippen molar-refractivity contribution in [1.29, 1.82) is 0 Å². The fourth-order valence-electron chi connectivity index (χ4n) is 3.54. The zero-order valence-corrected chi connectivity index (χ0v) is 12.3. The molecule has 2 bridgehead atoms. The van der Waals surface area contributed by atoms with Crippen molar-refractivity contribution in [2.24, 2.45) is 17.8 Å². The molecule has 0 nitrogen and oxygen atoms in total. The summed E-state index contributed by atoms with van der Waals surface area (Å²) in [6.07, 6.45) is 7.28. The van der Waals surface area contributed by atoms with Crippen LogP contribution in [0, 0.1) is 17.8 Å². The van der Waals surface area contributed by atoms with E-state index in [0.717, 1.165) is 22.1 Å². The summed E-state index contributed by atoms with van der Waals surface area (Å²) in [5.41, 5.74) is 0. The van der Waals surface area contributed by atoms with E-state index in [1.165, 1.54) is 37.0 Å². The molecule has 1 aromatic rings. The van der Waals surface area contributed by atoms with Crippen molar-refractivity contribution in [1.82, 2.24) is 0 Å². The van der Waals surface area contributed by atoms with Crippen molar-refractivity contribution >= 4 is 38.9 Å². The maximum atomic E-state index is 5.98. The number of rotatable bonds is 3. The van der Waals surface area contributed by atoms with Gasteiger partial charge in [-0.25, -0.2) is 0 Å². The first kappa shape index (κ1) is 11.6. The second-order valence-corrected chi connectivity index (χ2v) is 8.13. The van der Waals surface area contributed by atoms with Crippen LogP contribution in [0.25, 0.3) is 0 Å². The van der Waals surface area contributed by atoms with E-state index in [4.69, 9.17) is 11.6 Å². The van der Waals surface area contributed by atoms with Crippen LogP contribution >= 0.6 is 38.9 Å². The molecule has 88 valence electrons. The van der Waals surface area contributed by atoms with E-state index in [1.807, 2.05) is 6.07 Å². The molecule has 0 N–H and O–H groups in total. The molecule has 3 heteroatoms. The topological polar surface area (TPSA) is 0 Å². The Balaban J connectivity index is 1.62. The molecule has 2 aliphatic rings. The molecular weight excluding hydrogens is 304 g/mol. The van der Waals surface area contributed by atoms with Gasteiger partial charge < -0.3 is 0 Å². The molecule has 4 atom stereocenters. The van der Waals surface area contributed by atoms with Crippen LogP contribution in [0.3, 0.4) is 0 Å². The molecule has 2 fully saturated rings. The van der Waals surface area contributed by atoms with E-state index >= 15 is 0 Å². The van der Waals surface area contributed by atoms with E-state index in [-0.39, 0.29) is 0 Å². The van der Waals surface area contributed by atoms with Gasteiger partial charge in [0.25, 0.3) is 0 Å². The molecular formula is C13H16BrClS. The van der Waals surface area contributed by atoms with Crippen molar-refractivity contribution in [3.63, 3.8) is 0 Å². The van der Waals surface area contributed by atoms with E-state index in [9.17, 15) is 0 Å². The molecule has 0 aliphatic heterocycles. The zero-order valence-electron chi connectivity index (χ0n) is 9.16. The van der Waals surface area contributed by atoms with Crippen LogP contribution < -0.4 is 0 Å². The van der Waals surface area contributed by atoms with Gasteiger partial charge in [0, 0.05) is 9.70 Å². The SMILES string of the molecule is Clc1ccc(C(Br)CC2CC3CCC2C3)s1. The minimum atomic E-state index is 0.523. The largest absolute Gasteiger partial charge is 0.127 e. The maximum absolute atomic E-state index is 5.98. The van der Waals surface area contributed by atoms with Gasteiger partial charge in [-0.05, 0) is 55.6 Å². The number of halogens is 2. The zero-order chi connectivity index (χ0) is 11.1. The number of hydrogen-bond donors (Lipinski definition) is 0. The summed E-state index contributed by atoms with van der Waals surface area (Å²) in [7, 11) is 0. The Morgan fingerprint density at radius 3 is 2.81 bits per heavy atom. The lowest BCUT2D eigenvalue weighted by atomic mass is 9.85. The number of hydrogen-bond acceptors (Lipinski definition) is 1. The van der Waals surface area contributed by atoms with Gasteiger partial charge in [0.1, 0.15) is 0 Å². The minimum Gasteiger partial charge on any atom is -0.127 e. The third kappa shape index (κ3) is 2.21. The minimum absolute atomic E-state index is 0.523. The molecule has 1 heterocycles. The Labute approximate surface area is 115 Å². The van der Waals surface area contributed by atoms with Crippen LogP contribution in [-0.4, -0.2) is 0 Å². The first-order chi connectivity index (χ1) is 7.72. The summed E-state index contributed by atoms with van der Waals surface area (Å²) in [5, 5.41) is 0. The first-order valence-electron chi connectivity index (χ1n) is 6.11. The highest BCUT2D eigenvalue weighted by molar-refractivity contribution is 9.09. The van der Waals surface area contributed by atoms with Gasteiger partial charge in [-0.1, -0.05) is 34.0 Å². The second kappa shape index (κ2) is 4.62. The van der Waals surface area contributed by atoms with Gasteiger partial charge in [-0.15, -0.1) is 11.3 Å². The number of thiophene rings is 1. The maximum Gasteiger partial charge on any atom is 0.0931 e. The third-order valence-electron chi connectivity index (χ3n) is 4.30. The average Bonchev–Trinajstić information content (AvgIpc) is 2.92. The first-order valence-corrected chi connectivity index (χ1v) is 8.22. The van der Waals surface area contributed by atoms with Gasteiger partial charge in [0.2, 0.25) is 0 Å². The number of alkyl halides is 1. The standard InChI is InChI=1S/C13H16BrClS/c14-11(12-3-4-13(15)16-12)7-10-6-8-1-2-9(10)5-8/h3-4,8-11H,1-2,5-7H2. The van der Waals surface area contributed by atoms with Crippen LogP contribution in [-0.2, 0) is 0 Å². The van der Waals surface area contributed by atoms with Crippen LogP contribution in [0.15, 0.2) is 12.1 Å². The Hall–Kier alpha value is 0.470. The molecule has 0 amide bonds. The van der Waals surface area contributed by atoms with E-state index < -0.39 is 0 Å².